The number of aromatic nitrogens is 1. The lowest BCUT2D eigenvalue weighted by molar-refractivity contribution is -0.128. The summed E-state index contributed by atoms with van der Waals surface area (Å²) in [7, 11) is 4.51. The van der Waals surface area contributed by atoms with Gasteiger partial charge in [0.25, 0.3) is 5.91 Å². The number of nitrogens with zero attached hydrogens (tertiary/aromatic N) is 1. The summed E-state index contributed by atoms with van der Waals surface area (Å²) in [4.78, 5) is 29.8. The maximum absolute atomic E-state index is 13.0. The van der Waals surface area contributed by atoms with Crippen molar-refractivity contribution < 1.29 is 23.8 Å². The van der Waals surface area contributed by atoms with Crippen LogP contribution in [0.2, 0.25) is 0 Å². The van der Waals surface area contributed by atoms with Crippen molar-refractivity contribution in [2.45, 2.75) is 27.7 Å². The third kappa shape index (κ3) is 5.97. The van der Waals surface area contributed by atoms with Crippen molar-refractivity contribution in [1.82, 2.24) is 10.3 Å². The molecule has 2 rings (SSSR count). The Labute approximate surface area is 182 Å². The number of aryl methyl sites for hydroxylation is 1. The molecule has 0 atom stereocenters. The van der Waals surface area contributed by atoms with Gasteiger partial charge < -0.3 is 24.8 Å². The fourth-order valence-electron chi connectivity index (χ4n) is 2.61. The standard InChI is InChI=1S/C23H29N3O5/c1-14-9-8-10-24-20(14)26-21(27)16(25-22(28)23(2,3)4)11-15-12-17(29-5)19(31-7)18(13-15)30-6/h8-13H,1-7H3,(H,25,28)(H,24,26,27)/b16-11+. The normalized spacial score (nSPS) is 11.5. The second-order valence-corrected chi connectivity index (χ2v) is 7.84. The van der Waals surface area contributed by atoms with Gasteiger partial charge in [0.05, 0.1) is 21.3 Å². The van der Waals surface area contributed by atoms with Crippen molar-refractivity contribution in [2.24, 2.45) is 5.41 Å². The summed E-state index contributed by atoms with van der Waals surface area (Å²) in [5.74, 6) is 0.877. The van der Waals surface area contributed by atoms with Gasteiger partial charge in [-0.2, -0.15) is 0 Å². The lowest BCUT2D eigenvalue weighted by atomic mass is 9.95. The minimum atomic E-state index is -0.699. The van der Waals surface area contributed by atoms with Crippen LogP contribution in [-0.4, -0.2) is 38.1 Å². The molecule has 31 heavy (non-hydrogen) atoms. The van der Waals surface area contributed by atoms with Crippen LogP contribution in [0.4, 0.5) is 5.82 Å². The van der Waals surface area contributed by atoms with E-state index in [1.807, 2.05) is 13.0 Å². The van der Waals surface area contributed by atoms with Gasteiger partial charge in [0.2, 0.25) is 11.7 Å². The maximum atomic E-state index is 13.0. The van der Waals surface area contributed by atoms with Gasteiger partial charge in [-0.05, 0) is 42.3 Å². The first kappa shape index (κ1) is 23.7. The van der Waals surface area contributed by atoms with E-state index in [0.29, 0.717) is 28.6 Å². The summed E-state index contributed by atoms with van der Waals surface area (Å²) in [6, 6.07) is 6.98. The summed E-state index contributed by atoms with van der Waals surface area (Å²) in [5, 5.41) is 5.46. The summed E-state index contributed by atoms with van der Waals surface area (Å²) in [6.45, 7) is 7.12. The number of ether oxygens (including phenoxy) is 3. The number of nitrogens with one attached hydrogen (secondary N) is 2. The van der Waals surface area contributed by atoms with Crippen molar-refractivity contribution in [1.29, 1.82) is 0 Å². The smallest absolute Gasteiger partial charge is 0.273 e. The summed E-state index contributed by atoms with van der Waals surface area (Å²) in [6.07, 6.45) is 3.13. The molecule has 0 aliphatic rings. The number of benzene rings is 1. The molecule has 166 valence electrons. The highest BCUT2D eigenvalue weighted by Crippen LogP contribution is 2.38. The van der Waals surface area contributed by atoms with Crippen LogP contribution in [0.25, 0.3) is 6.08 Å². The van der Waals surface area contributed by atoms with E-state index in [2.05, 4.69) is 15.6 Å². The Hall–Kier alpha value is -3.55. The molecular weight excluding hydrogens is 398 g/mol. The molecule has 2 aromatic rings. The molecule has 0 fully saturated rings. The molecule has 2 amide bonds. The molecule has 0 saturated carbocycles. The number of anilines is 1. The van der Waals surface area contributed by atoms with Crippen molar-refractivity contribution in [3.05, 3.63) is 47.3 Å². The van der Waals surface area contributed by atoms with Crippen LogP contribution in [0.15, 0.2) is 36.2 Å². The first-order chi connectivity index (χ1) is 14.6. The van der Waals surface area contributed by atoms with Crippen LogP contribution in [-0.2, 0) is 9.59 Å². The molecule has 1 heterocycles. The molecule has 0 aliphatic carbocycles. The Morgan fingerprint density at radius 2 is 1.65 bits per heavy atom. The average molecular weight is 428 g/mol. The number of rotatable bonds is 7. The molecule has 1 aromatic heterocycles. The molecular formula is C23H29N3O5. The van der Waals surface area contributed by atoms with E-state index < -0.39 is 11.3 Å². The topological polar surface area (TPSA) is 98.8 Å². The van der Waals surface area contributed by atoms with Gasteiger partial charge >= 0.3 is 0 Å². The van der Waals surface area contributed by atoms with E-state index in [0.717, 1.165) is 5.56 Å². The van der Waals surface area contributed by atoms with Crippen LogP contribution in [0, 0.1) is 12.3 Å². The van der Waals surface area contributed by atoms with Gasteiger partial charge in [0, 0.05) is 11.6 Å². The first-order valence-electron chi connectivity index (χ1n) is 9.66. The molecule has 0 aliphatic heterocycles. The van der Waals surface area contributed by atoms with Gasteiger partial charge in [0.15, 0.2) is 11.5 Å². The predicted molar refractivity (Wildman–Crippen MR) is 119 cm³/mol. The van der Waals surface area contributed by atoms with Gasteiger partial charge in [-0.1, -0.05) is 26.8 Å². The lowest BCUT2D eigenvalue weighted by Crippen LogP contribution is -2.38. The third-order valence-corrected chi connectivity index (χ3v) is 4.41. The highest BCUT2D eigenvalue weighted by Gasteiger charge is 2.25. The van der Waals surface area contributed by atoms with Crippen LogP contribution >= 0.6 is 0 Å². The number of pyridine rings is 1. The van der Waals surface area contributed by atoms with Gasteiger partial charge in [-0.3, -0.25) is 9.59 Å². The number of amides is 2. The highest BCUT2D eigenvalue weighted by molar-refractivity contribution is 6.09. The lowest BCUT2D eigenvalue weighted by Gasteiger charge is -2.19. The highest BCUT2D eigenvalue weighted by atomic mass is 16.5. The largest absolute Gasteiger partial charge is 0.493 e. The number of carbonyl (C=O) groups is 2. The minimum absolute atomic E-state index is 0.0549. The van der Waals surface area contributed by atoms with E-state index in [4.69, 9.17) is 14.2 Å². The second-order valence-electron chi connectivity index (χ2n) is 7.84. The minimum Gasteiger partial charge on any atom is -0.493 e. The Bertz CT molecular complexity index is 968. The molecule has 8 heteroatoms. The van der Waals surface area contributed by atoms with Crippen LogP contribution in [0.5, 0.6) is 17.2 Å². The summed E-state index contributed by atoms with van der Waals surface area (Å²) < 4.78 is 16.1. The van der Waals surface area contributed by atoms with Crippen molar-refractivity contribution in [2.75, 3.05) is 26.6 Å². The number of hydrogen-bond acceptors (Lipinski definition) is 6. The number of hydrogen-bond donors (Lipinski definition) is 2. The molecule has 0 spiro atoms. The van der Waals surface area contributed by atoms with Crippen LogP contribution < -0.4 is 24.8 Å². The van der Waals surface area contributed by atoms with E-state index in [1.165, 1.54) is 21.3 Å². The van der Waals surface area contributed by atoms with Gasteiger partial charge in [0.1, 0.15) is 11.5 Å². The third-order valence-electron chi connectivity index (χ3n) is 4.41. The average Bonchev–Trinajstić information content (AvgIpc) is 2.73. The van der Waals surface area contributed by atoms with Gasteiger partial charge in [-0.15, -0.1) is 0 Å². The molecule has 2 N–H and O–H groups in total. The second kappa shape index (κ2) is 9.97. The monoisotopic (exact) mass is 427 g/mol. The Morgan fingerprint density at radius 1 is 1.03 bits per heavy atom. The van der Waals surface area contributed by atoms with E-state index in [1.54, 1.807) is 51.2 Å². The van der Waals surface area contributed by atoms with E-state index in [-0.39, 0.29) is 11.6 Å². The van der Waals surface area contributed by atoms with Crippen LogP contribution in [0.3, 0.4) is 0 Å². The molecule has 1 aromatic carbocycles. The zero-order valence-corrected chi connectivity index (χ0v) is 19.0. The van der Waals surface area contributed by atoms with Gasteiger partial charge in [-0.25, -0.2) is 4.98 Å². The fraction of sp³-hybridized carbons (Fsp3) is 0.348. The Balaban J connectivity index is 2.51. The summed E-state index contributed by atoms with van der Waals surface area (Å²) >= 11 is 0. The number of methoxy groups -OCH3 is 3. The zero-order valence-electron chi connectivity index (χ0n) is 19.0. The van der Waals surface area contributed by atoms with Crippen molar-refractivity contribution in [3.63, 3.8) is 0 Å². The van der Waals surface area contributed by atoms with Crippen LogP contribution in [0.1, 0.15) is 31.9 Å². The molecule has 0 saturated heterocycles. The van der Waals surface area contributed by atoms with Crippen molar-refractivity contribution in [3.8, 4) is 17.2 Å². The molecule has 0 radical (unpaired) electrons. The first-order valence-corrected chi connectivity index (χ1v) is 9.66. The maximum Gasteiger partial charge on any atom is 0.273 e. The molecule has 0 unspecified atom stereocenters. The Kier molecular flexibility index (Phi) is 7.63. The SMILES string of the molecule is COc1cc(/C=C(/NC(=O)C(C)(C)C)C(=O)Nc2ncccc2C)cc(OC)c1OC. The summed E-state index contributed by atoms with van der Waals surface area (Å²) in [5.41, 5.74) is 0.728. The quantitative estimate of drug-likeness (QED) is 0.656. The molecule has 0 bridgehead atoms. The predicted octanol–water partition coefficient (Wildman–Crippen LogP) is 3.56. The van der Waals surface area contributed by atoms with Crippen molar-refractivity contribution >= 4 is 23.7 Å². The Morgan fingerprint density at radius 3 is 2.13 bits per heavy atom. The fourth-order valence-corrected chi connectivity index (χ4v) is 2.61. The zero-order chi connectivity index (χ0) is 23.2. The number of carbonyl (C=O) groups excluding carboxylic acids is 2. The molecule has 8 nitrogen and oxygen atoms in total. The van der Waals surface area contributed by atoms with E-state index >= 15 is 0 Å². The van der Waals surface area contributed by atoms with E-state index in [9.17, 15) is 9.59 Å².